The maximum absolute atomic E-state index is 12.0. The Kier molecular flexibility index (Phi) is 8.89. The van der Waals surface area contributed by atoms with Crippen LogP contribution in [0.25, 0.3) is 16.5 Å². The fourth-order valence-corrected chi connectivity index (χ4v) is 3.07. The highest BCUT2D eigenvalue weighted by Crippen LogP contribution is 2.11. The molecule has 0 spiro atoms. The first-order valence-electron chi connectivity index (χ1n) is 10.4. The molecule has 156 valence electrons. The lowest BCUT2D eigenvalue weighted by Gasteiger charge is -2.06. The largest absolute Gasteiger partial charge is 0.462 e. The predicted octanol–water partition coefficient (Wildman–Crippen LogP) is 3.78. The van der Waals surface area contributed by atoms with Crippen molar-refractivity contribution in [2.45, 2.75) is 52.9 Å². The zero-order valence-corrected chi connectivity index (χ0v) is 17.8. The molecule has 0 atom stereocenters. The Morgan fingerprint density at radius 3 is 2.50 bits per heavy atom. The number of rotatable bonds is 6. The summed E-state index contributed by atoms with van der Waals surface area (Å²) in [5.74, 6) is -0.841. The zero-order chi connectivity index (χ0) is 21.9. The predicted molar refractivity (Wildman–Crippen MR) is 116 cm³/mol. The van der Waals surface area contributed by atoms with Crippen molar-refractivity contribution in [1.82, 2.24) is 4.98 Å². The number of hydrogen-bond donors (Lipinski definition) is 0. The molecule has 6 heteroatoms. The molecule has 30 heavy (non-hydrogen) atoms. The SMILES string of the molecule is CCCCCCC.CCOC(=O)/C(C#N)=c1\ccnc2cc3c(cc12)=NC=CC3=O. The first-order chi connectivity index (χ1) is 14.6. The summed E-state index contributed by atoms with van der Waals surface area (Å²) in [7, 11) is 0. The number of carbonyl (C=O) groups is 2. The van der Waals surface area contributed by atoms with Gasteiger partial charge < -0.3 is 4.74 Å². The minimum atomic E-state index is -0.687. The highest BCUT2D eigenvalue weighted by molar-refractivity contribution is 6.17. The van der Waals surface area contributed by atoms with Crippen LogP contribution in [0.5, 0.6) is 0 Å². The van der Waals surface area contributed by atoms with E-state index >= 15 is 0 Å². The average Bonchev–Trinajstić information content (AvgIpc) is 2.75. The summed E-state index contributed by atoms with van der Waals surface area (Å²) >= 11 is 0. The van der Waals surface area contributed by atoms with E-state index in [1.165, 1.54) is 50.6 Å². The Bertz CT molecular complexity index is 1110. The number of esters is 1. The van der Waals surface area contributed by atoms with Gasteiger partial charge in [-0.2, -0.15) is 5.26 Å². The number of hydrogen-bond acceptors (Lipinski definition) is 6. The minimum absolute atomic E-state index is 0.100. The second-order valence-electron chi connectivity index (χ2n) is 6.82. The molecule has 1 aromatic carbocycles. The van der Waals surface area contributed by atoms with Gasteiger partial charge in [0.1, 0.15) is 11.6 Å². The van der Waals surface area contributed by atoms with Crippen LogP contribution in [0, 0.1) is 11.3 Å². The molecule has 3 rings (SSSR count). The molecular formula is C24H27N3O3. The summed E-state index contributed by atoms with van der Waals surface area (Å²) in [6.45, 7) is 6.34. The fraction of sp³-hybridized carbons (Fsp3) is 0.375. The van der Waals surface area contributed by atoms with Gasteiger partial charge in [-0.15, -0.1) is 0 Å². The van der Waals surface area contributed by atoms with Crippen LogP contribution in [-0.2, 0) is 9.53 Å². The molecule has 1 aliphatic rings. The molecule has 0 N–H and O–H groups in total. The van der Waals surface area contributed by atoms with Crippen molar-refractivity contribution < 1.29 is 14.3 Å². The normalized spacial score (nSPS) is 12.8. The number of nitriles is 1. The van der Waals surface area contributed by atoms with Gasteiger partial charge in [0.2, 0.25) is 0 Å². The molecule has 0 unspecified atom stereocenters. The molecular weight excluding hydrogens is 378 g/mol. The van der Waals surface area contributed by atoms with E-state index in [0.717, 1.165) is 0 Å². The molecule has 0 aliphatic carbocycles. The molecule has 0 saturated heterocycles. The molecule has 1 aromatic heterocycles. The van der Waals surface area contributed by atoms with E-state index in [1.807, 2.05) is 6.07 Å². The van der Waals surface area contributed by atoms with E-state index in [2.05, 4.69) is 23.8 Å². The number of aromatic nitrogens is 1. The summed E-state index contributed by atoms with van der Waals surface area (Å²) in [4.78, 5) is 32.2. The highest BCUT2D eigenvalue weighted by atomic mass is 16.5. The minimum Gasteiger partial charge on any atom is -0.462 e. The van der Waals surface area contributed by atoms with E-state index in [1.54, 1.807) is 25.1 Å². The van der Waals surface area contributed by atoms with Gasteiger partial charge in [0.25, 0.3) is 0 Å². The van der Waals surface area contributed by atoms with E-state index in [-0.39, 0.29) is 18.0 Å². The Morgan fingerprint density at radius 2 is 1.87 bits per heavy atom. The second kappa shape index (κ2) is 11.6. The zero-order valence-electron chi connectivity index (χ0n) is 17.8. The van der Waals surface area contributed by atoms with E-state index in [9.17, 15) is 14.9 Å². The van der Waals surface area contributed by atoms with Crippen molar-refractivity contribution in [3.05, 3.63) is 52.8 Å². The summed E-state index contributed by atoms with van der Waals surface area (Å²) in [6, 6.07) is 6.73. The van der Waals surface area contributed by atoms with Gasteiger partial charge in [-0.1, -0.05) is 46.0 Å². The molecule has 6 nitrogen and oxygen atoms in total. The molecule has 0 radical (unpaired) electrons. The first kappa shape index (κ1) is 23.0. The van der Waals surface area contributed by atoms with Gasteiger partial charge >= 0.3 is 5.97 Å². The molecule has 2 aromatic rings. The van der Waals surface area contributed by atoms with Gasteiger partial charge in [-0.05, 0) is 25.1 Å². The van der Waals surface area contributed by atoms with Crippen LogP contribution in [0.15, 0.2) is 41.7 Å². The number of allylic oxidation sites excluding steroid dienone is 1. The highest BCUT2D eigenvalue weighted by Gasteiger charge is 2.15. The van der Waals surface area contributed by atoms with Gasteiger partial charge in [-0.25, -0.2) is 4.79 Å². The maximum atomic E-state index is 12.0. The van der Waals surface area contributed by atoms with Crippen LogP contribution in [0.1, 0.15) is 63.2 Å². The van der Waals surface area contributed by atoms with Gasteiger partial charge in [0.05, 0.1) is 17.5 Å². The fourth-order valence-electron chi connectivity index (χ4n) is 3.07. The Balaban J connectivity index is 0.000000396. The lowest BCUT2D eigenvalue weighted by atomic mass is 10.0. The Morgan fingerprint density at radius 1 is 1.13 bits per heavy atom. The topological polar surface area (TPSA) is 92.4 Å². The van der Waals surface area contributed by atoms with Crippen molar-refractivity contribution in [2.75, 3.05) is 6.61 Å². The number of ketones is 1. The van der Waals surface area contributed by atoms with Crippen LogP contribution < -0.4 is 10.6 Å². The van der Waals surface area contributed by atoms with E-state index in [4.69, 9.17) is 4.74 Å². The second-order valence-corrected chi connectivity index (χ2v) is 6.82. The smallest absolute Gasteiger partial charge is 0.349 e. The summed E-state index contributed by atoms with van der Waals surface area (Å²) in [6.07, 6.45) is 11.3. The number of fused-ring (bicyclic) bond motifs is 2. The lowest BCUT2D eigenvalue weighted by molar-refractivity contribution is -0.136. The monoisotopic (exact) mass is 405 g/mol. The molecule has 0 fully saturated rings. The maximum Gasteiger partial charge on any atom is 0.349 e. The van der Waals surface area contributed by atoms with E-state index < -0.39 is 5.97 Å². The van der Waals surface area contributed by atoms with Crippen LogP contribution in [-0.4, -0.2) is 23.3 Å². The molecule has 2 heterocycles. The van der Waals surface area contributed by atoms with Crippen LogP contribution >= 0.6 is 0 Å². The van der Waals surface area contributed by atoms with Gasteiger partial charge in [0.15, 0.2) is 5.78 Å². The third-order valence-corrected chi connectivity index (χ3v) is 4.63. The third kappa shape index (κ3) is 5.60. The number of benzene rings is 1. The number of pyridine rings is 1. The van der Waals surface area contributed by atoms with Gasteiger partial charge in [-0.3, -0.25) is 14.8 Å². The molecule has 0 saturated carbocycles. The van der Waals surface area contributed by atoms with Crippen molar-refractivity contribution in [1.29, 1.82) is 5.26 Å². The van der Waals surface area contributed by atoms with Crippen molar-refractivity contribution in [3.8, 4) is 6.07 Å². The summed E-state index contributed by atoms with van der Waals surface area (Å²) in [5.41, 5.74) is 0.855. The Labute approximate surface area is 176 Å². The molecule has 1 aliphatic heterocycles. The third-order valence-electron chi connectivity index (χ3n) is 4.63. The summed E-state index contributed by atoms with van der Waals surface area (Å²) < 4.78 is 4.92. The number of carbonyl (C=O) groups excluding carboxylic acids is 2. The number of ether oxygens (including phenoxy) is 1. The molecule has 0 bridgehead atoms. The quantitative estimate of drug-likeness (QED) is 0.539. The number of unbranched alkanes of at least 4 members (excludes halogenated alkanes) is 4. The van der Waals surface area contributed by atoms with E-state index in [0.29, 0.717) is 27.0 Å². The number of nitrogens with zero attached hydrogens (tertiary/aromatic N) is 3. The van der Waals surface area contributed by atoms with Crippen molar-refractivity contribution in [3.63, 3.8) is 0 Å². The van der Waals surface area contributed by atoms with Gasteiger partial charge in [0, 0.05) is 34.6 Å². The lowest BCUT2D eigenvalue weighted by Crippen LogP contribution is -2.21. The van der Waals surface area contributed by atoms with Crippen LogP contribution in [0.4, 0.5) is 0 Å². The van der Waals surface area contributed by atoms with Crippen LogP contribution in [0.3, 0.4) is 0 Å². The average molecular weight is 405 g/mol. The molecule has 0 amide bonds. The first-order valence-corrected chi connectivity index (χ1v) is 10.4. The van der Waals surface area contributed by atoms with Crippen LogP contribution in [0.2, 0.25) is 0 Å². The summed E-state index contributed by atoms with van der Waals surface area (Å²) in [5, 5.41) is 10.8. The van der Waals surface area contributed by atoms with Crippen molar-refractivity contribution in [2.24, 2.45) is 4.99 Å². The van der Waals surface area contributed by atoms with Crippen molar-refractivity contribution >= 4 is 28.2 Å². The standard InChI is InChI=1S/C17H11N3O3.C7H16/c1-2-23-17(22)13(9-18)10-3-5-19-14-8-12-15(7-11(10)14)20-6-4-16(12)21;1-3-5-7-6-4-2/h3-8H,2H2,1H3;3-7H2,1-2H3/b13-10+;. The Hall–Kier alpha value is -3.33.